The van der Waals surface area contributed by atoms with Gasteiger partial charge < -0.3 is 5.73 Å². The Bertz CT molecular complexity index is 137. The lowest BCUT2D eigenvalue weighted by Crippen LogP contribution is -2.28. The monoisotopic (exact) mass is 139 g/mol. The van der Waals surface area contributed by atoms with E-state index in [4.69, 9.17) is 5.73 Å². The Morgan fingerprint density at radius 3 is 2.40 bits per heavy atom. The van der Waals surface area contributed by atoms with Gasteiger partial charge in [-0.1, -0.05) is 24.3 Å². The SMILES string of the molecule is C=C(C)C/C=C/C(C)(C)N. The lowest BCUT2D eigenvalue weighted by atomic mass is 10.1. The van der Waals surface area contributed by atoms with E-state index in [9.17, 15) is 0 Å². The van der Waals surface area contributed by atoms with Gasteiger partial charge in [0.1, 0.15) is 0 Å². The van der Waals surface area contributed by atoms with E-state index >= 15 is 0 Å². The Labute approximate surface area is 63.6 Å². The Morgan fingerprint density at radius 1 is 1.60 bits per heavy atom. The quantitative estimate of drug-likeness (QED) is 0.596. The third-order valence-electron chi connectivity index (χ3n) is 1.01. The maximum Gasteiger partial charge on any atom is 0.0281 e. The number of nitrogens with two attached hydrogens (primary N) is 1. The van der Waals surface area contributed by atoms with Crippen LogP contribution in [0.5, 0.6) is 0 Å². The highest BCUT2D eigenvalue weighted by Gasteiger charge is 2.02. The maximum atomic E-state index is 5.71. The zero-order chi connectivity index (χ0) is 8.20. The van der Waals surface area contributed by atoms with Crippen LogP contribution in [0.1, 0.15) is 27.2 Å². The maximum absolute atomic E-state index is 5.71. The van der Waals surface area contributed by atoms with Crippen molar-refractivity contribution in [1.29, 1.82) is 0 Å². The summed E-state index contributed by atoms with van der Waals surface area (Å²) in [6, 6.07) is 0. The number of allylic oxidation sites excluding steroid dienone is 2. The van der Waals surface area contributed by atoms with Gasteiger partial charge in [-0.25, -0.2) is 0 Å². The summed E-state index contributed by atoms with van der Waals surface area (Å²) in [6.45, 7) is 9.74. The molecule has 1 nitrogen and oxygen atoms in total. The van der Waals surface area contributed by atoms with Crippen molar-refractivity contribution in [2.45, 2.75) is 32.7 Å². The van der Waals surface area contributed by atoms with Crippen molar-refractivity contribution in [1.82, 2.24) is 0 Å². The fraction of sp³-hybridized carbons (Fsp3) is 0.556. The summed E-state index contributed by atoms with van der Waals surface area (Å²) in [5.74, 6) is 0. The van der Waals surface area contributed by atoms with Gasteiger partial charge >= 0.3 is 0 Å². The smallest absolute Gasteiger partial charge is 0.0281 e. The van der Waals surface area contributed by atoms with Gasteiger partial charge in [0.2, 0.25) is 0 Å². The first-order chi connectivity index (χ1) is 4.42. The molecule has 2 N–H and O–H groups in total. The molecule has 0 radical (unpaired) electrons. The highest BCUT2D eigenvalue weighted by molar-refractivity contribution is 5.04. The summed E-state index contributed by atoms with van der Waals surface area (Å²) in [4.78, 5) is 0. The molecule has 0 atom stereocenters. The fourth-order valence-corrected chi connectivity index (χ4v) is 0.564. The topological polar surface area (TPSA) is 26.0 Å². The van der Waals surface area contributed by atoms with Gasteiger partial charge in [-0.3, -0.25) is 0 Å². The molecule has 0 rings (SSSR count). The summed E-state index contributed by atoms with van der Waals surface area (Å²) < 4.78 is 0. The summed E-state index contributed by atoms with van der Waals surface area (Å²) >= 11 is 0. The summed E-state index contributed by atoms with van der Waals surface area (Å²) in [7, 11) is 0. The molecule has 0 heterocycles. The molecule has 0 fully saturated rings. The standard InChI is InChI=1S/C9H17N/c1-8(2)6-5-7-9(3,4)10/h5,7H,1,6,10H2,2-4H3/b7-5+. The molecule has 10 heavy (non-hydrogen) atoms. The molecule has 0 unspecified atom stereocenters. The van der Waals surface area contributed by atoms with Crippen molar-refractivity contribution in [3.63, 3.8) is 0 Å². The Hall–Kier alpha value is -0.560. The zero-order valence-corrected chi connectivity index (χ0v) is 7.15. The molecular weight excluding hydrogens is 122 g/mol. The summed E-state index contributed by atoms with van der Waals surface area (Å²) in [5, 5.41) is 0. The van der Waals surface area contributed by atoms with E-state index < -0.39 is 0 Å². The molecule has 0 aliphatic heterocycles. The van der Waals surface area contributed by atoms with Crippen LogP contribution in [0, 0.1) is 0 Å². The summed E-state index contributed by atoms with van der Waals surface area (Å²) in [5.41, 5.74) is 6.69. The van der Waals surface area contributed by atoms with Gasteiger partial charge in [-0.15, -0.1) is 0 Å². The van der Waals surface area contributed by atoms with Crippen LogP contribution in [0.25, 0.3) is 0 Å². The lowest BCUT2D eigenvalue weighted by molar-refractivity contribution is 0.652. The van der Waals surface area contributed by atoms with Crippen LogP contribution in [-0.2, 0) is 0 Å². The summed E-state index contributed by atoms with van der Waals surface area (Å²) in [6.07, 6.45) is 4.99. The Balaban J connectivity index is 3.67. The molecule has 0 aromatic heterocycles. The van der Waals surface area contributed by atoms with E-state index in [1.165, 1.54) is 5.57 Å². The van der Waals surface area contributed by atoms with Crippen molar-refractivity contribution in [2.75, 3.05) is 0 Å². The number of rotatable bonds is 3. The van der Waals surface area contributed by atoms with Crippen LogP contribution < -0.4 is 5.73 Å². The van der Waals surface area contributed by atoms with E-state index in [0.717, 1.165) is 6.42 Å². The molecule has 58 valence electrons. The van der Waals surface area contributed by atoms with Crippen LogP contribution in [0.2, 0.25) is 0 Å². The second-order valence-electron chi connectivity index (χ2n) is 3.38. The average Bonchev–Trinajstić information content (AvgIpc) is 1.59. The van der Waals surface area contributed by atoms with Gasteiger partial charge in [0.25, 0.3) is 0 Å². The first kappa shape index (κ1) is 9.44. The average molecular weight is 139 g/mol. The fourth-order valence-electron chi connectivity index (χ4n) is 0.564. The van der Waals surface area contributed by atoms with Crippen LogP contribution >= 0.6 is 0 Å². The normalized spacial score (nSPS) is 12.4. The highest BCUT2D eigenvalue weighted by atomic mass is 14.7. The van der Waals surface area contributed by atoms with E-state index in [1.54, 1.807) is 0 Å². The van der Waals surface area contributed by atoms with E-state index in [2.05, 4.69) is 12.7 Å². The minimum Gasteiger partial charge on any atom is -0.322 e. The van der Waals surface area contributed by atoms with Gasteiger partial charge in [-0.05, 0) is 27.2 Å². The van der Waals surface area contributed by atoms with Crippen LogP contribution in [0.15, 0.2) is 24.3 Å². The minimum atomic E-state index is -0.185. The van der Waals surface area contributed by atoms with Crippen LogP contribution in [0.3, 0.4) is 0 Å². The molecule has 0 saturated carbocycles. The van der Waals surface area contributed by atoms with E-state index in [-0.39, 0.29) is 5.54 Å². The third kappa shape index (κ3) is 7.44. The van der Waals surface area contributed by atoms with Crippen LogP contribution in [-0.4, -0.2) is 5.54 Å². The first-order valence-electron chi connectivity index (χ1n) is 3.53. The van der Waals surface area contributed by atoms with Gasteiger partial charge in [0.15, 0.2) is 0 Å². The largest absolute Gasteiger partial charge is 0.322 e. The predicted molar refractivity (Wildman–Crippen MR) is 46.8 cm³/mol. The highest BCUT2D eigenvalue weighted by Crippen LogP contribution is 2.02. The Morgan fingerprint density at radius 2 is 2.10 bits per heavy atom. The predicted octanol–water partition coefficient (Wildman–Crippen LogP) is 2.25. The number of hydrogen-bond donors (Lipinski definition) is 1. The third-order valence-corrected chi connectivity index (χ3v) is 1.01. The molecule has 0 aliphatic carbocycles. The molecular formula is C9H17N. The molecule has 0 aromatic rings. The zero-order valence-electron chi connectivity index (χ0n) is 7.15. The van der Waals surface area contributed by atoms with Crippen molar-refractivity contribution in [3.05, 3.63) is 24.3 Å². The molecule has 0 saturated heterocycles. The van der Waals surface area contributed by atoms with Gasteiger partial charge in [-0.2, -0.15) is 0 Å². The lowest BCUT2D eigenvalue weighted by Gasteiger charge is -2.11. The van der Waals surface area contributed by atoms with Crippen molar-refractivity contribution in [2.24, 2.45) is 5.73 Å². The van der Waals surface area contributed by atoms with E-state index in [0.29, 0.717) is 0 Å². The van der Waals surface area contributed by atoms with E-state index in [1.807, 2.05) is 26.8 Å². The molecule has 0 amide bonds. The Kier molecular flexibility index (Phi) is 3.37. The molecule has 0 aromatic carbocycles. The minimum absolute atomic E-state index is 0.185. The van der Waals surface area contributed by atoms with Gasteiger partial charge in [0, 0.05) is 5.54 Å². The van der Waals surface area contributed by atoms with Crippen molar-refractivity contribution in [3.8, 4) is 0 Å². The molecule has 1 heteroatoms. The molecule has 0 spiro atoms. The molecule has 0 aliphatic rings. The number of hydrogen-bond acceptors (Lipinski definition) is 1. The van der Waals surface area contributed by atoms with Crippen molar-refractivity contribution >= 4 is 0 Å². The second kappa shape index (κ2) is 3.57. The van der Waals surface area contributed by atoms with Crippen molar-refractivity contribution < 1.29 is 0 Å². The van der Waals surface area contributed by atoms with Crippen LogP contribution in [0.4, 0.5) is 0 Å². The first-order valence-corrected chi connectivity index (χ1v) is 3.53. The van der Waals surface area contributed by atoms with Gasteiger partial charge in [0.05, 0.1) is 0 Å². The second-order valence-corrected chi connectivity index (χ2v) is 3.38. The molecule has 0 bridgehead atoms.